The van der Waals surface area contributed by atoms with Crippen LogP contribution in [0.15, 0.2) is 0 Å². The highest BCUT2D eigenvalue weighted by atomic mass is 32.2. The molecule has 0 radical (unpaired) electrons. The number of anilines is 1. The number of amides is 1. The SMILES string of the molecule is CC1CCN(C(=S)SCC(=O)Nc2nc3c(s2)CCC3)CC1. The molecule has 3 rings (SSSR count). The third-order valence-electron chi connectivity index (χ3n) is 4.21. The molecule has 120 valence electrons. The van der Waals surface area contributed by atoms with Crippen molar-refractivity contribution in [1.82, 2.24) is 9.88 Å². The van der Waals surface area contributed by atoms with Crippen LogP contribution in [0.4, 0.5) is 5.13 Å². The number of carbonyl (C=O) groups excluding carboxylic acids is 1. The average Bonchev–Trinajstić information content (AvgIpc) is 3.06. The average molecular weight is 356 g/mol. The Labute approximate surface area is 145 Å². The molecule has 1 aromatic heterocycles. The fraction of sp³-hybridized carbons (Fsp3) is 0.667. The van der Waals surface area contributed by atoms with Crippen LogP contribution in [0.1, 0.15) is 36.8 Å². The number of fused-ring (bicyclic) bond motifs is 1. The second-order valence-corrected chi connectivity index (χ2v) is 8.71. The third-order valence-corrected chi connectivity index (χ3v) is 6.81. The Bertz CT molecular complexity index is 543. The summed E-state index contributed by atoms with van der Waals surface area (Å²) >= 11 is 8.53. The van der Waals surface area contributed by atoms with Gasteiger partial charge in [0.15, 0.2) is 5.13 Å². The van der Waals surface area contributed by atoms with Gasteiger partial charge in [-0.2, -0.15) is 0 Å². The number of hydrogen-bond acceptors (Lipinski definition) is 5. The number of likely N-dealkylation sites (tertiary alicyclic amines) is 1. The van der Waals surface area contributed by atoms with Gasteiger partial charge in [0.1, 0.15) is 4.32 Å². The Hall–Kier alpha value is -0.660. The van der Waals surface area contributed by atoms with E-state index in [0.717, 1.165) is 41.3 Å². The van der Waals surface area contributed by atoms with Gasteiger partial charge in [0.2, 0.25) is 5.91 Å². The minimum atomic E-state index is -0.00912. The lowest BCUT2D eigenvalue weighted by atomic mass is 10.00. The van der Waals surface area contributed by atoms with Crippen LogP contribution in [0.25, 0.3) is 0 Å². The molecule has 1 aliphatic heterocycles. The normalized spacial score (nSPS) is 18.3. The highest BCUT2D eigenvalue weighted by Gasteiger charge is 2.20. The number of nitrogens with zero attached hydrogens (tertiary/aromatic N) is 2. The summed E-state index contributed by atoms with van der Waals surface area (Å²) in [5, 5.41) is 3.65. The smallest absolute Gasteiger partial charge is 0.236 e. The van der Waals surface area contributed by atoms with E-state index in [9.17, 15) is 4.79 Å². The van der Waals surface area contributed by atoms with Gasteiger partial charge in [0.05, 0.1) is 11.4 Å². The Morgan fingerprint density at radius 3 is 2.95 bits per heavy atom. The lowest BCUT2D eigenvalue weighted by molar-refractivity contribution is -0.113. The molecule has 7 heteroatoms. The maximum absolute atomic E-state index is 12.0. The van der Waals surface area contributed by atoms with Crippen LogP contribution in [0.5, 0.6) is 0 Å². The molecule has 1 amide bonds. The van der Waals surface area contributed by atoms with E-state index in [1.807, 2.05) is 0 Å². The predicted molar refractivity (Wildman–Crippen MR) is 97.8 cm³/mol. The second kappa shape index (κ2) is 7.27. The number of piperidine rings is 1. The topological polar surface area (TPSA) is 45.2 Å². The van der Waals surface area contributed by atoms with Gasteiger partial charge >= 0.3 is 0 Å². The standard InChI is InChI=1S/C15H21N3OS3/c1-10-5-7-18(8-6-10)15(20)21-9-13(19)17-14-16-11-3-2-4-12(11)22-14/h10H,2-9H2,1H3,(H,16,17,19). The van der Waals surface area contributed by atoms with E-state index in [-0.39, 0.29) is 5.91 Å². The van der Waals surface area contributed by atoms with Crippen LogP contribution >= 0.6 is 35.3 Å². The summed E-state index contributed by atoms with van der Waals surface area (Å²) in [6.45, 7) is 4.33. The lowest BCUT2D eigenvalue weighted by Gasteiger charge is -2.31. The van der Waals surface area contributed by atoms with E-state index < -0.39 is 0 Å². The Morgan fingerprint density at radius 1 is 1.45 bits per heavy atom. The van der Waals surface area contributed by atoms with Crippen LogP contribution < -0.4 is 5.32 Å². The number of thiazole rings is 1. The minimum absolute atomic E-state index is 0.00912. The molecule has 0 unspecified atom stereocenters. The number of thioether (sulfide) groups is 1. The van der Waals surface area contributed by atoms with Crippen molar-refractivity contribution >= 4 is 50.7 Å². The van der Waals surface area contributed by atoms with E-state index in [1.165, 1.54) is 41.6 Å². The van der Waals surface area contributed by atoms with Crippen LogP contribution in [-0.4, -0.2) is 39.0 Å². The van der Waals surface area contributed by atoms with Crippen molar-refractivity contribution in [2.75, 3.05) is 24.2 Å². The first-order chi connectivity index (χ1) is 10.6. The Balaban J connectivity index is 1.42. The molecule has 1 aromatic rings. The summed E-state index contributed by atoms with van der Waals surface area (Å²) < 4.78 is 0.851. The van der Waals surface area contributed by atoms with Crippen molar-refractivity contribution in [3.05, 3.63) is 10.6 Å². The molecule has 2 heterocycles. The summed E-state index contributed by atoms with van der Waals surface area (Å²) in [7, 11) is 0. The highest BCUT2D eigenvalue weighted by molar-refractivity contribution is 8.23. The number of carbonyl (C=O) groups is 1. The zero-order valence-corrected chi connectivity index (χ0v) is 15.2. The first kappa shape index (κ1) is 16.2. The highest BCUT2D eigenvalue weighted by Crippen LogP contribution is 2.30. The summed E-state index contributed by atoms with van der Waals surface area (Å²) in [6.07, 6.45) is 5.74. The molecular formula is C15H21N3OS3. The number of thiocarbonyl (C=S) groups is 1. The monoisotopic (exact) mass is 355 g/mol. The maximum atomic E-state index is 12.0. The molecule has 0 aromatic carbocycles. The largest absolute Gasteiger partial charge is 0.357 e. The van der Waals surface area contributed by atoms with Crippen molar-refractivity contribution in [1.29, 1.82) is 0 Å². The Kier molecular flexibility index (Phi) is 5.36. The minimum Gasteiger partial charge on any atom is -0.357 e. The van der Waals surface area contributed by atoms with Crippen molar-refractivity contribution in [3.63, 3.8) is 0 Å². The Morgan fingerprint density at radius 2 is 2.23 bits per heavy atom. The van der Waals surface area contributed by atoms with Crippen LogP contribution in [0.2, 0.25) is 0 Å². The number of hydrogen-bond donors (Lipinski definition) is 1. The number of aromatic nitrogens is 1. The van der Waals surface area contributed by atoms with Crippen molar-refractivity contribution in [2.45, 2.75) is 39.0 Å². The zero-order chi connectivity index (χ0) is 15.5. The summed E-state index contributed by atoms with van der Waals surface area (Å²) in [5.74, 6) is 1.15. The molecule has 4 nitrogen and oxygen atoms in total. The van der Waals surface area contributed by atoms with Gasteiger partial charge in [-0.05, 0) is 38.0 Å². The number of rotatable bonds is 3. The van der Waals surface area contributed by atoms with E-state index >= 15 is 0 Å². The van der Waals surface area contributed by atoms with E-state index in [0.29, 0.717) is 5.75 Å². The lowest BCUT2D eigenvalue weighted by Crippen LogP contribution is -2.36. The van der Waals surface area contributed by atoms with Crippen molar-refractivity contribution in [2.24, 2.45) is 5.92 Å². The zero-order valence-electron chi connectivity index (χ0n) is 12.8. The fourth-order valence-electron chi connectivity index (χ4n) is 2.81. The second-order valence-electron chi connectivity index (χ2n) is 6.01. The van der Waals surface area contributed by atoms with Crippen LogP contribution in [-0.2, 0) is 17.6 Å². The molecule has 1 N–H and O–H groups in total. The van der Waals surface area contributed by atoms with Gasteiger partial charge in [0.25, 0.3) is 0 Å². The maximum Gasteiger partial charge on any atom is 0.236 e. The first-order valence-electron chi connectivity index (χ1n) is 7.82. The number of nitrogens with one attached hydrogen (secondary N) is 1. The molecule has 2 aliphatic rings. The predicted octanol–water partition coefficient (Wildman–Crippen LogP) is 3.32. The molecule has 0 saturated carbocycles. The van der Waals surface area contributed by atoms with E-state index in [4.69, 9.17) is 12.2 Å². The summed E-state index contributed by atoms with van der Waals surface area (Å²) in [4.78, 5) is 20.1. The quantitative estimate of drug-likeness (QED) is 0.843. The van der Waals surface area contributed by atoms with E-state index in [2.05, 4.69) is 22.1 Å². The summed E-state index contributed by atoms with van der Waals surface area (Å²) in [6, 6.07) is 0. The van der Waals surface area contributed by atoms with E-state index in [1.54, 1.807) is 11.3 Å². The molecule has 0 spiro atoms. The third kappa shape index (κ3) is 4.00. The molecule has 1 aliphatic carbocycles. The van der Waals surface area contributed by atoms with Crippen molar-refractivity contribution < 1.29 is 4.79 Å². The molecule has 22 heavy (non-hydrogen) atoms. The van der Waals surface area contributed by atoms with Crippen LogP contribution in [0, 0.1) is 5.92 Å². The fourth-order valence-corrected chi connectivity index (χ4v) is 4.93. The molecule has 0 atom stereocenters. The van der Waals surface area contributed by atoms with Crippen LogP contribution in [0.3, 0.4) is 0 Å². The molecule has 1 saturated heterocycles. The van der Waals surface area contributed by atoms with Gasteiger partial charge in [-0.25, -0.2) is 4.98 Å². The van der Waals surface area contributed by atoms with Gasteiger partial charge in [-0.15, -0.1) is 11.3 Å². The van der Waals surface area contributed by atoms with Gasteiger partial charge < -0.3 is 10.2 Å². The molecular weight excluding hydrogens is 334 g/mol. The summed E-state index contributed by atoms with van der Waals surface area (Å²) in [5.41, 5.74) is 1.17. The van der Waals surface area contributed by atoms with Gasteiger partial charge in [-0.3, -0.25) is 4.79 Å². The van der Waals surface area contributed by atoms with Crippen molar-refractivity contribution in [3.8, 4) is 0 Å². The number of aryl methyl sites for hydroxylation is 2. The van der Waals surface area contributed by atoms with Gasteiger partial charge in [0, 0.05) is 18.0 Å². The molecule has 0 bridgehead atoms. The molecule has 1 fully saturated rings. The van der Waals surface area contributed by atoms with Gasteiger partial charge in [-0.1, -0.05) is 30.9 Å². The first-order valence-corrected chi connectivity index (χ1v) is 10.0.